The zero-order valence-electron chi connectivity index (χ0n) is 79.5. The van der Waals surface area contributed by atoms with E-state index in [0.717, 1.165) is 167 Å². The fourth-order valence-corrected chi connectivity index (χ4v) is 20.2. The van der Waals surface area contributed by atoms with Gasteiger partial charge in [-0.3, -0.25) is 43.6 Å². The van der Waals surface area contributed by atoms with Crippen molar-refractivity contribution in [3.63, 3.8) is 0 Å². The number of aryl methyl sites for hydroxylation is 1. The molecule has 146 heavy (non-hydrogen) atoms. The first-order valence-corrected chi connectivity index (χ1v) is 50.8. The third kappa shape index (κ3) is 20.3. The molecule has 0 aliphatic carbocycles. The maximum Gasteiger partial charge on any atom is 0.148 e. The van der Waals surface area contributed by atoms with Crippen LogP contribution in [-0.4, -0.2) is 82.0 Å². The average molecular weight is 2450 g/mol. The molecule has 0 saturated carbocycles. The Balaban J connectivity index is 0.000000137. The van der Waals surface area contributed by atoms with E-state index in [-0.39, 0.29) is 80.4 Å². The van der Waals surface area contributed by atoms with Crippen molar-refractivity contribution in [1.29, 1.82) is 0 Å². The summed E-state index contributed by atoms with van der Waals surface area (Å²) in [5.41, 5.74) is 35.4. The molecule has 19 heteroatoms. The molecule has 15 nitrogen and oxygen atoms in total. The summed E-state index contributed by atoms with van der Waals surface area (Å²) in [7, 11) is -1.71. The van der Waals surface area contributed by atoms with Gasteiger partial charge in [-0.25, -0.2) is 15.0 Å². The van der Waals surface area contributed by atoms with Gasteiger partial charge >= 0.3 is 0 Å². The van der Waals surface area contributed by atoms with Crippen molar-refractivity contribution in [2.24, 2.45) is 0 Å². The first-order valence-electron chi connectivity index (χ1n) is 47.3. The zero-order valence-corrected chi connectivity index (χ0v) is 87.4. The summed E-state index contributed by atoms with van der Waals surface area (Å²) in [5.74, 6) is 2.12. The van der Waals surface area contributed by atoms with Crippen molar-refractivity contribution in [2.75, 3.05) is 0 Å². The van der Waals surface area contributed by atoms with Crippen molar-refractivity contribution in [3.05, 3.63) is 486 Å². The van der Waals surface area contributed by atoms with Crippen LogP contribution in [0.15, 0.2) is 462 Å². The topological polar surface area (TPSA) is 191 Å². The van der Waals surface area contributed by atoms with E-state index in [9.17, 15) is 15.3 Å². The van der Waals surface area contributed by atoms with Crippen LogP contribution >= 0.6 is 0 Å². The van der Waals surface area contributed by atoms with Crippen LogP contribution in [-0.2, 0) is 63.2 Å². The van der Waals surface area contributed by atoms with E-state index in [0.29, 0.717) is 34.2 Å². The van der Waals surface area contributed by atoms with Gasteiger partial charge in [-0.2, -0.15) is 0 Å². The molecule has 9 heterocycles. The predicted molar refractivity (Wildman–Crippen MR) is 581 cm³/mol. The minimum atomic E-state index is -1.71. The molecule has 0 saturated heterocycles. The van der Waals surface area contributed by atoms with Gasteiger partial charge in [-0.15, -0.1) is 77.4 Å². The van der Waals surface area contributed by atoms with Crippen LogP contribution in [0, 0.1) is 25.1 Å². The normalized spacial score (nSPS) is 11.1. The van der Waals surface area contributed by atoms with Crippen LogP contribution in [0.3, 0.4) is 0 Å². The van der Waals surface area contributed by atoms with E-state index >= 15 is 0 Å². The number of aromatic hydroxyl groups is 3. The molecule has 0 fully saturated rings. The number of fused-ring (bicyclic) bond motifs is 3. The summed E-state index contributed by atoms with van der Waals surface area (Å²) in [4.78, 5) is 42.6. The minimum absolute atomic E-state index is 0. The standard InChI is InChI=1S/C44H35N4OSi.C42H29N4O.C41H27N4O.3Pt/c1-50(2,3)42-29-46-39(27-38(42)31-16-9-5-10-17-31)34-25-32(30-14-7-4-8-15-30)24-33(26-34)36-20-13-21-40-43(36)47-44(37-22-23-45-28-41(37)49)48(40)35-18-11-6-12-19-35;1-28-26-44-38(25-37(28)31-20-18-30(19-21-31)29-10-4-2-5-11-29)33-13-8-12-32(24-33)35-16-9-17-39-41(35)45-42(36-22-23-43-27-40(36)47)46(39)34-14-6-3-7-15-34;46-39-27-42-21-20-36(39)41-44-40-35(17-10-18-38(40)45(41)34-15-8-3-9-16-34)32-23-31(29-13-6-2-7-14-29)24-33(25-32)37-26-30(19-22-43-37)28-11-4-1-5-12-28;;;/h4-25,27-29,49H,1-3H3;2-23,25-27,47H,1H3;1-24,26-27,46H;;;/q3*-1;;;. The zero-order chi connectivity index (χ0) is 96.9. The fraction of sp³-hybridized carbons (Fsp3) is 0.0315. The van der Waals surface area contributed by atoms with Gasteiger partial charge in [0.05, 0.1) is 76.5 Å². The van der Waals surface area contributed by atoms with Crippen LogP contribution in [0.5, 0.6) is 17.2 Å². The van der Waals surface area contributed by atoms with Gasteiger partial charge in [0.25, 0.3) is 0 Å². The molecule has 0 aliphatic rings. The first kappa shape index (κ1) is 98.1. The molecule has 9 aromatic heterocycles. The number of hydrogen-bond acceptors (Lipinski definition) is 12. The number of imidazole rings is 3. The fourth-order valence-electron chi connectivity index (χ4n) is 18.7. The molecule has 0 atom stereocenters. The van der Waals surface area contributed by atoms with Crippen molar-refractivity contribution in [3.8, 4) is 202 Å². The van der Waals surface area contributed by atoms with Crippen LogP contribution < -0.4 is 5.19 Å². The third-order valence-electron chi connectivity index (χ3n) is 25.7. The van der Waals surface area contributed by atoms with Crippen molar-refractivity contribution >= 4 is 46.4 Å². The van der Waals surface area contributed by atoms with E-state index in [1.807, 2.05) is 158 Å². The van der Waals surface area contributed by atoms with Gasteiger partial charge in [-0.1, -0.05) is 349 Å². The molecule has 0 amide bonds. The SMILES string of the molecule is C[Si](C)(C)c1cnc(-c2[c-]c(-c3cccc4c3nc(-c3ccncc3O)n4-c3ccccc3)cc(-c3ccccc3)c2)cc1-c1ccccc1.Cc1cnc(-c2[c-]c(-c3cccc4c3nc(-c3ccncc3O)n4-c3ccccc3)ccc2)cc1-c1ccc(-c2ccccc2)cc1.Oc1cnccc1-c1nc2c(-c3[c-]c(-c4cc(-c5ccccc5)ccn4)cc(-c4ccccc4)c3)cccc2n1-c1ccccc1.[Pt].[Pt].[Pt]. The van der Waals surface area contributed by atoms with E-state index in [2.05, 4.69) is 322 Å². The average Bonchev–Trinajstić information content (AvgIpc) is 1.59. The van der Waals surface area contributed by atoms with Gasteiger partial charge in [0.2, 0.25) is 0 Å². The number of pyridine rings is 6. The van der Waals surface area contributed by atoms with E-state index < -0.39 is 8.07 Å². The van der Waals surface area contributed by atoms with Gasteiger partial charge in [0.1, 0.15) is 34.7 Å². The Hall–Kier alpha value is -16.7. The van der Waals surface area contributed by atoms with Crippen molar-refractivity contribution in [2.45, 2.75) is 26.6 Å². The number of nitrogens with zero attached hydrogens (tertiary/aromatic N) is 12. The number of benzene rings is 15. The Morgan fingerprint density at radius 3 is 0.959 bits per heavy atom. The maximum absolute atomic E-state index is 10.9. The maximum atomic E-state index is 10.9. The Morgan fingerprint density at radius 1 is 0.233 bits per heavy atom. The van der Waals surface area contributed by atoms with E-state index in [1.165, 1.54) is 46.0 Å². The van der Waals surface area contributed by atoms with Crippen LogP contribution in [0.25, 0.3) is 218 Å². The second-order valence-corrected chi connectivity index (χ2v) is 41.0. The Kier molecular flexibility index (Phi) is 29.3. The molecular formula is C127H91N12O3Pt3Si-3. The van der Waals surface area contributed by atoms with Crippen LogP contribution in [0.2, 0.25) is 19.6 Å². The number of rotatable bonds is 19. The van der Waals surface area contributed by atoms with Gasteiger partial charge in [0, 0.05) is 135 Å². The van der Waals surface area contributed by atoms with E-state index in [4.69, 9.17) is 29.9 Å². The second kappa shape index (κ2) is 43.6. The summed E-state index contributed by atoms with van der Waals surface area (Å²) in [5, 5.41) is 33.9. The summed E-state index contributed by atoms with van der Waals surface area (Å²) in [6, 6.07) is 150. The summed E-state index contributed by atoms with van der Waals surface area (Å²) in [6.45, 7) is 9.20. The molecule has 0 bridgehead atoms. The Labute approximate surface area is 890 Å². The van der Waals surface area contributed by atoms with Crippen LogP contribution in [0.1, 0.15) is 5.56 Å². The summed E-state index contributed by atoms with van der Waals surface area (Å²) in [6.07, 6.45) is 15.3. The molecule has 714 valence electrons. The molecule has 0 aliphatic heterocycles. The van der Waals surface area contributed by atoms with Gasteiger partial charge in [-0.05, 0) is 152 Å². The molecule has 0 spiro atoms. The molecule has 24 aromatic rings. The summed E-state index contributed by atoms with van der Waals surface area (Å²) >= 11 is 0. The van der Waals surface area contributed by atoms with Crippen molar-refractivity contribution in [1.82, 2.24) is 58.6 Å². The molecule has 0 radical (unpaired) electrons. The van der Waals surface area contributed by atoms with Crippen LogP contribution in [0.4, 0.5) is 0 Å². The molecule has 3 N–H and O–H groups in total. The molecule has 0 unspecified atom stereocenters. The minimum Gasteiger partial charge on any atom is -0.506 e. The third-order valence-corrected chi connectivity index (χ3v) is 27.8. The summed E-state index contributed by atoms with van der Waals surface area (Å²) < 4.78 is 6.26. The monoisotopic (exact) mass is 2440 g/mol. The van der Waals surface area contributed by atoms with Gasteiger partial charge in [0.15, 0.2) is 0 Å². The number of hydrogen-bond donors (Lipinski definition) is 3. The number of aromatic nitrogens is 12. The molecule has 15 aromatic carbocycles. The van der Waals surface area contributed by atoms with Gasteiger partial charge < -0.3 is 15.3 Å². The smallest absolute Gasteiger partial charge is 0.148 e. The largest absolute Gasteiger partial charge is 0.506 e. The predicted octanol–water partition coefficient (Wildman–Crippen LogP) is 29.8. The Bertz CT molecular complexity index is 8790. The first-order chi connectivity index (χ1) is 70.2. The second-order valence-electron chi connectivity index (χ2n) is 36.0. The van der Waals surface area contributed by atoms with E-state index in [1.54, 1.807) is 36.8 Å². The Morgan fingerprint density at radius 2 is 0.548 bits per heavy atom. The quantitative estimate of drug-likeness (QED) is 0.0513. The molecule has 24 rings (SSSR count). The van der Waals surface area contributed by atoms with Crippen molar-refractivity contribution < 1.29 is 78.5 Å². The molecular weight excluding hydrogens is 2350 g/mol. The number of para-hydroxylation sites is 6.